The van der Waals surface area contributed by atoms with Crippen molar-refractivity contribution in [1.82, 2.24) is 10.4 Å². The van der Waals surface area contributed by atoms with Crippen LogP contribution in [0.3, 0.4) is 0 Å². The average Bonchev–Trinajstić information content (AvgIpc) is 2.34. The van der Waals surface area contributed by atoms with Gasteiger partial charge in [-0.05, 0) is 31.0 Å². The molecule has 0 aliphatic carbocycles. The van der Waals surface area contributed by atoms with Gasteiger partial charge in [0.2, 0.25) is 0 Å². The first-order chi connectivity index (χ1) is 8.63. The van der Waals surface area contributed by atoms with Gasteiger partial charge in [0.25, 0.3) is 0 Å². The molecule has 2 aromatic rings. The fourth-order valence-corrected chi connectivity index (χ4v) is 2.05. The normalized spacial score (nSPS) is 12.4. The van der Waals surface area contributed by atoms with Crippen LogP contribution >= 0.6 is 0 Å². The number of nitrogens with two attached hydrogens (primary N) is 1. The fourth-order valence-electron chi connectivity index (χ4n) is 2.05. The molecule has 0 bridgehead atoms. The zero-order valence-electron chi connectivity index (χ0n) is 10.4. The second kappa shape index (κ2) is 5.25. The van der Waals surface area contributed by atoms with Crippen LogP contribution < -0.4 is 11.3 Å². The van der Waals surface area contributed by atoms with Crippen LogP contribution in [-0.2, 0) is 0 Å². The molecule has 0 spiro atoms. The summed E-state index contributed by atoms with van der Waals surface area (Å²) >= 11 is 0. The van der Waals surface area contributed by atoms with Crippen molar-refractivity contribution in [1.29, 1.82) is 0 Å². The molecule has 18 heavy (non-hydrogen) atoms. The van der Waals surface area contributed by atoms with E-state index < -0.39 is 6.04 Å². The summed E-state index contributed by atoms with van der Waals surface area (Å²) in [6.07, 6.45) is 1.76. The number of aromatic nitrogens is 1. The third-order valence-electron chi connectivity index (χ3n) is 2.91. The quantitative estimate of drug-likeness (QED) is 0.645. The lowest BCUT2D eigenvalue weighted by atomic mass is 9.99. The van der Waals surface area contributed by atoms with E-state index >= 15 is 0 Å². The molecular formula is C14H16FN3. The van der Waals surface area contributed by atoms with Gasteiger partial charge in [-0.15, -0.1) is 0 Å². The van der Waals surface area contributed by atoms with Crippen molar-refractivity contribution in [3.63, 3.8) is 0 Å². The molecule has 0 saturated heterocycles. The molecule has 0 saturated carbocycles. The number of halogens is 1. The summed E-state index contributed by atoms with van der Waals surface area (Å²) in [5.74, 6) is 5.27. The van der Waals surface area contributed by atoms with E-state index in [1.807, 2.05) is 19.9 Å². The summed E-state index contributed by atoms with van der Waals surface area (Å²) in [5, 5.41) is 0. The van der Waals surface area contributed by atoms with Crippen LogP contribution in [0.4, 0.5) is 4.39 Å². The van der Waals surface area contributed by atoms with Crippen molar-refractivity contribution >= 4 is 0 Å². The summed E-state index contributed by atoms with van der Waals surface area (Å²) < 4.78 is 13.8. The van der Waals surface area contributed by atoms with Crippen LogP contribution in [0.25, 0.3) is 0 Å². The molecule has 0 amide bonds. The van der Waals surface area contributed by atoms with E-state index in [2.05, 4.69) is 10.4 Å². The van der Waals surface area contributed by atoms with Crippen LogP contribution in [0.15, 0.2) is 36.5 Å². The Bertz CT molecular complexity index is 554. The summed E-state index contributed by atoms with van der Waals surface area (Å²) in [6, 6.07) is 8.14. The van der Waals surface area contributed by atoms with Crippen LogP contribution in [-0.4, -0.2) is 4.98 Å². The molecule has 3 nitrogen and oxygen atoms in total. The molecule has 0 fully saturated rings. The van der Waals surface area contributed by atoms with E-state index in [1.54, 1.807) is 24.4 Å². The number of pyridine rings is 1. The van der Waals surface area contributed by atoms with Gasteiger partial charge < -0.3 is 0 Å². The van der Waals surface area contributed by atoms with Gasteiger partial charge in [0, 0.05) is 11.8 Å². The first-order valence-electron chi connectivity index (χ1n) is 5.77. The highest BCUT2D eigenvalue weighted by Gasteiger charge is 2.19. The van der Waals surface area contributed by atoms with Gasteiger partial charge in [0.15, 0.2) is 0 Å². The molecule has 2 rings (SSSR count). The third kappa shape index (κ3) is 2.39. The van der Waals surface area contributed by atoms with Crippen molar-refractivity contribution in [2.75, 3.05) is 0 Å². The minimum Gasteiger partial charge on any atom is -0.271 e. The van der Waals surface area contributed by atoms with Crippen molar-refractivity contribution in [3.8, 4) is 0 Å². The van der Waals surface area contributed by atoms with Crippen LogP contribution in [0.2, 0.25) is 0 Å². The fraction of sp³-hybridized carbons (Fsp3) is 0.214. The number of aryl methyl sites for hydroxylation is 2. The molecule has 1 atom stereocenters. The molecule has 3 N–H and O–H groups in total. The molecule has 1 heterocycles. The summed E-state index contributed by atoms with van der Waals surface area (Å²) in [4.78, 5) is 4.36. The lowest BCUT2D eigenvalue weighted by Gasteiger charge is -2.18. The standard InChI is InChI=1S/C14H16FN3/c1-9-7-10(2)13(17-8-9)14(18-16)11-5-3-4-6-12(11)15/h3-8,14,18H,16H2,1-2H3. The van der Waals surface area contributed by atoms with Crippen LogP contribution in [0.1, 0.15) is 28.4 Å². The second-order valence-corrected chi connectivity index (χ2v) is 4.34. The van der Waals surface area contributed by atoms with E-state index in [1.165, 1.54) is 6.07 Å². The lowest BCUT2D eigenvalue weighted by molar-refractivity contribution is 0.551. The van der Waals surface area contributed by atoms with Gasteiger partial charge in [0.1, 0.15) is 5.82 Å². The Morgan fingerprint density at radius 3 is 2.61 bits per heavy atom. The first-order valence-corrected chi connectivity index (χ1v) is 5.77. The Kier molecular flexibility index (Phi) is 3.69. The molecule has 0 aliphatic heterocycles. The molecule has 1 aromatic carbocycles. The monoisotopic (exact) mass is 245 g/mol. The minimum absolute atomic E-state index is 0.290. The van der Waals surface area contributed by atoms with Gasteiger partial charge in [-0.25, -0.2) is 9.82 Å². The van der Waals surface area contributed by atoms with Crippen LogP contribution in [0.5, 0.6) is 0 Å². The summed E-state index contributed by atoms with van der Waals surface area (Å²) in [7, 11) is 0. The van der Waals surface area contributed by atoms with Gasteiger partial charge in [-0.2, -0.15) is 0 Å². The largest absolute Gasteiger partial charge is 0.271 e. The average molecular weight is 245 g/mol. The van der Waals surface area contributed by atoms with Crippen LogP contribution in [0, 0.1) is 19.7 Å². The number of nitrogens with zero attached hydrogens (tertiary/aromatic N) is 1. The highest BCUT2D eigenvalue weighted by atomic mass is 19.1. The van der Waals surface area contributed by atoms with E-state index in [-0.39, 0.29) is 5.82 Å². The zero-order valence-corrected chi connectivity index (χ0v) is 10.4. The second-order valence-electron chi connectivity index (χ2n) is 4.34. The van der Waals surface area contributed by atoms with Crippen molar-refractivity contribution in [3.05, 3.63) is 64.7 Å². The molecule has 0 aliphatic rings. The minimum atomic E-state index is -0.438. The Morgan fingerprint density at radius 1 is 1.28 bits per heavy atom. The molecule has 94 valence electrons. The predicted molar refractivity (Wildman–Crippen MR) is 69.3 cm³/mol. The third-order valence-corrected chi connectivity index (χ3v) is 2.91. The van der Waals surface area contributed by atoms with E-state index in [9.17, 15) is 4.39 Å². The molecule has 4 heteroatoms. The lowest BCUT2D eigenvalue weighted by Crippen LogP contribution is -2.30. The number of hydrazine groups is 1. The van der Waals surface area contributed by atoms with Gasteiger partial charge in [-0.1, -0.05) is 24.3 Å². The zero-order chi connectivity index (χ0) is 13.1. The predicted octanol–water partition coefficient (Wildman–Crippen LogP) is 2.39. The Morgan fingerprint density at radius 2 is 2.00 bits per heavy atom. The summed E-state index contributed by atoms with van der Waals surface area (Å²) in [6.45, 7) is 3.91. The number of nitrogens with one attached hydrogen (secondary N) is 1. The number of rotatable bonds is 3. The molecule has 1 aromatic heterocycles. The maximum absolute atomic E-state index is 13.8. The highest BCUT2D eigenvalue weighted by molar-refractivity contribution is 5.34. The van der Waals surface area contributed by atoms with E-state index in [0.29, 0.717) is 5.56 Å². The SMILES string of the molecule is Cc1cnc(C(NN)c2ccccc2F)c(C)c1. The first kappa shape index (κ1) is 12.7. The van der Waals surface area contributed by atoms with Crippen molar-refractivity contribution in [2.24, 2.45) is 5.84 Å². The number of hydrogen-bond acceptors (Lipinski definition) is 3. The number of hydrogen-bond donors (Lipinski definition) is 2. The van der Waals surface area contributed by atoms with E-state index in [4.69, 9.17) is 5.84 Å². The van der Waals surface area contributed by atoms with Crippen molar-refractivity contribution in [2.45, 2.75) is 19.9 Å². The van der Waals surface area contributed by atoms with E-state index in [0.717, 1.165) is 16.8 Å². The van der Waals surface area contributed by atoms with Gasteiger partial charge in [-0.3, -0.25) is 10.8 Å². The Balaban J connectivity index is 2.49. The maximum atomic E-state index is 13.8. The Labute approximate surface area is 106 Å². The molecule has 1 unspecified atom stereocenters. The smallest absolute Gasteiger partial charge is 0.128 e. The van der Waals surface area contributed by atoms with Crippen molar-refractivity contribution < 1.29 is 4.39 Å². The number of benzene rings is 1. The highest BCUT2D eigenvalue weighted by Crippen LogP contribution is 2.24. The summed E-state index contributed by atoms with van der Waals surface area (Å²) in [5.41, 5.74) is 5.93. The Hall–Kier alpha value is -1.78. The maximum Gasteiger partial charge on any atom is 0.128 e. The topological polar surface area (TPSA) is 50.9 Å². The van der Waals surface area contributed by atoms with Gasteiger partial charge >= 0.3 is 0 Å². The molecule has 0 radical (unpaired) electrons. The molecular weight excluding hydrogens is 229 g/mol. The van der Waals surface area contributed by atoms with Gasteiger partial charge in [0.05, 0.1) is 11.7 Å².